The number of piperidine rings is 1. The lowest BCUT2D eigenvalue weighted by molar-refractivity contribution is -0.132. The van der Waals surface area contributed by atoms with Crippen LogP contribution in [-0.2, 0) is 4.79 Å². The molecule has 1 rings (SSSR count). The third kappa shape index (κ3) is 4.12. The van der Waals surface area contributed by atoms with E-state index in [1.54, 1.807) is 0 Å². The van der Waals surface area contributed by atoms with Gasteiger partial charge in [0.1, 0.15) is 0 Å². The van der Waals surface area contributed by atoms with Gasteiger partial charge in [-0.3, -0.25) is 4.79 Å². The monoisotopic (exact) mass is 226 g/mol. The summed E-state index contributed by atoms with van der Waals surface area (Å²) in [6.07, 6.45) is 6.69. The summed E-state index contributed by atoms with van der Waals surface area (Å²) < 4.78 is 0. The zero-order valence-electron chi connectivity index (χ0n) is 11.0. The number of rotatable bonds is 6. The number of hydrogen-bond donors (Lipinski definition) is 1. The first kappa shape index (κ1) is 13.5. The van der Waals surface area contributed by atoms with Crippen molar-refractivity contribution in [3.8, 4) is 0 Å². The molecular weight excluding hydrogens is 200 g/mol. The van der Waals surface area contributed by atoms with E-state index in [9.17, 15) is 4.79 Å². The maximum atomic E-state index is 11.4. The molecule has 1 amide bonds. The van der Waals surface area contributed by atoms with Gasteiger partial charge in [-0.25, -0.2) is 0 Å². The van der Waals surface area contributed by atoms with E-state index in [2.05, 4.69) is 19.2 Å². The summed E-state index contributed by atoms with van der Waals surface area (Å²) >= 11 is 0. The molecule has 1 heterocycles. The molecule has 94 valence electrons. The minimum absolute atomic E-state index is 0.292. The molecule has 1 aliphatic rings. The molecule has 0 saturated carbocycles. The smallest absolute Gasteiger partial charge is 0.222 e. The van der Waals surface area contributed by atoms with Crippen molar-refractivity contribution in [1.29, 1.82) is 0 Å². The summed E-state index contributed by atoms with van der Waals surface area (Å²) in [5.74, 6) is 0.292. The van der Waals surface area contributed by atoms with Gasteiger partial charge in [0.15, 0.2) is 0 Å². The van der Waals surface area contributed by atoms with Crippen molar-refractivity contribution in [3.63, 3.8) is 0 Å². The zero-order valence-corrected chi connectivity index (χ0v) is 11.0. The van der Waals surface area contributed by atoms with E-state index in [4.69, 9.17) is 0 Å². The van der Waals surface area contributed by atoms with E-state index >= 15 is 0 Å². The fourth-order valence-corrected chi connectivity index (χ4v) is 2.49. The zero-order chi connectivity index (χ0) is 12.0. The van der Waals surface area contributed by atoms with E-state index in [0.717, 1.165) is 13.0 Å². The third-order valence-electron chi connectivity index (χ3n) is 3.37. The second-order valence-electron chi connectivity index (χ2n) is 4.95. The molecule has 0 radical (unpaired) electrons. The molecule has 0 spiro atoms. The van der Waals surface area contributed by atoms with Crippen molar-refractivity contribution in [1.82, 2.24) is 10.2 Å². The first-order valence-electron chi connectivity index (χ1n) is 6.67. The van der Waals surface area contributed by atoms with Gasteiger partial charge in [-0.15, -0.1) is 0 Å². The average molecular weight is 226 g/mol. The lowest BCUT2D eigenvalue weighted by Crippen LogP contribution is -2.49. The summed E-state index contributed by atoms with van der Waals surface area (Å²) in [6, 6.07) is 1.15. The van der Waals surface area contributed by atoms with Crippen LogP contribution in [0, 0.1) is 0 Å². The molecule has 1 atom stereocenters. The molecule has 0 aromatic rings. The van der Waals surface area contributed by atoms with Crippen LogP contribution in [0.4, 0.5) is 0 Å². The molecule has 0 aromatic heterocycles. The van der Waals surface area contributed by atoms with Crippen molar-refractivity contribution < 1.29 is 4.79 Å². The number of likely N-dealkylation sites (tertiary alicyclic amines) is 1. The lowest BCUT2D eigenvalue weighted by Gasteiger charge is -2.33. The molecule has 3 nitrogen and oxygen atoms in total. The van der Waals surface area contributed by atoms with Crippen molar-refractivity contribution in [2.75, 3.05) is 13.6 Å². The van der Waals surface area contributed by atoms with Crippen LogP contribution in [0.3, 0.4) is 0 Å². The van der Waals surface area contributed by atoms with Crippen molar-refractivity contribution in [2.45, 2.75) is 64.5 Å². The largest absolute Gasteiger partial charge is 0.344 e. The normalized spacial score (nSPS) is 21.9. The molecule has 0 aliphatic carbocycles. The maximum absolute atomic E-state index is 11.4. The predicted octanol–water partition coefficient (Wildman–Crippen LogP) is 2.17. The van der Waals surface area contributed by atoms with Crippen LogP contribution in [0.15, 0.2) is 0 Å². The molecule has 3 heteroatoms. The second kappa shape index (κ2) is 6.89. The summed E-state index contributed by atoms with van der Waals surface area (Å²) in [7, 11) is 1.91. The Labute approximate surface area is 99.6 Å². The molecule has 1 N–H and O–H groups in total. The fourth-order valence-electron chi connectivity index (χ4n) is 2.49. The Morgan fingerprint density at radius 2 is 2.00 bits per heavy atom. The van der Waals surface area contributed by atoms with Gasteiger partial charge in [0.2, 0.25) is 5.91 Å². The Balaban J connectivity index is 2.36. The average Bonchev–Trinajstić information content (AvgIpc) is 2.24. The Bertz CT molecular complexity index is 212. The fraction of sp³-hybridized carbons (Fsp3) is 0.923. The van der Waals surface area contributed by atoms with Crippen LogP contribution in [0.5, 0.6) is 0 Å². The third-order valence-corrected chi connectivity index (χ3v) is 3.37. The number of nitrogens with zero attached hydrogens (tertiary/aromatic N) is 1. The molecule has 0 aromatic carbocycles. The molecule has 0 bridgehead atoms. The molecule has 1 fully saturated rings. The second-order valence-corrected chi connectivity index (χ2v) is 4.95. The number of carbonyl (C=O) groups is 1. The molecule has 1 aliphatic heterocycles. The number of hydrogen-bond acceptors (Lipinski definition) is 2. The van der Waals surface area contributed by atoms with Crippen molar-refractivity contribution >= 4 is 5.91 Å². The highest BCUT2D eigenvalue weighted by molar-refractivity contribution is 5.76. The first-order valence-corrected chi connectivity index (χ1v) is 6.67. The first-order chi connectivity index (χ1) is 7.67. The Hall–Kier alpha value is -0.570. The van der Waals surface area contributed by atoms with Crippen LogP contribution < -0.4 is 5.32 Å². The van der Waals surface area contributed by atoms with E-state index < -0.39 is 0 Å². The highest BCUT2D eigenvalue weighted by atomic mass is 16.2. The summed E-state index contributed by atoms with van der Waals surface area (Å²) in [5, 5.41) is 3.71. The number of nitrogens with one attached hydrogen (secondary N) is 1. The van der Waals surface area contributed by atoms with E-state index in [1.165, 1.54) is 25.7 Å². The quantitative estimate of drug-likeness (QED) is 0.753. The Morgan fingerprint density at radius 1 is 1.38 bits per heavy atom. The van der Waals surface area contributed by atoms with Crippen LogP contribution >= 0.6 is 0 Å². The topological polar surface area (TPSA) is 32.3 Å². The predicted molar refractivity (Wildman–Crippen MR) is 67.4 cm³/mol. The highest BCUT2D eigenvalue weighted by Crippen LogP contribution is 2.13. The van der Waals surface area contributed by atoms with Crippen LogP contribution in [-0.4, -0.2) is 36.5 Å². The SMILES string of the molecule is CCCC(CCC)NC1CCC(=O)N(C)C1. The van der Waals surface area contributed by atoms with E-state index in [0.29, 0.717) is 24.4 Å². The van der Waals surface area contributed by atoms with Crippen LogP contribution in [0.2, 0.25) is 0 Å². The summed E-state index contributed by atoms with van der Waals surface area (Å²) in [6.45, 7) is 5.35. The van der Waals surface area contributed by atoms with E-state index in [-0.39, 0.29) is 0 Å². The van der Waals surface area contributed by atoms with Gasteiger partial charge in [-0.1, -0.05) is 26.7 Å². The molecule has 1 unspecified atom stereocenters. The van der Waals surface area contributed by atoms with Crippen LogP contribution in [0.25, 0.3) is 0 Å². The minimum Gasteiger partial charge on any atom is -0.344 e. The number of amides is 1. The van der Waals surface area contributed by atoms with Crippen molar-refractivity contribution in [3.05, 3.63) is 0 Å². The lowest BCUT2D eigenvalue weighted by atomic mass is 10.0. The Kier molecular flexibility index (Phi) is 5.81. The van der Waals surface area contributed by atoms with Gasteiger partial charge in [-0.05, 0) is 19.3 Å². The van der Waals surface area contributed by atoms with Gasteiger partial charge >= 0.3 is 0 Å². The van der Waals surface area contributed by atoms with Gasteiger partial charge in [0.05, 0.1) is 0 Å². The number of likely N-dealkylation sites (N-methyl/N-ethyl adjacent to an activating group) is 1. The highest BCUT2D eigenvalue weighted by Gasteiger charge is 2.24. The van der Waals surface area contributed by atoms with Gasteiger partial charge in [0.25, 0.3) is 0 Å². The standard InChI is InChI=1S/C13H26N2O/c1-4-6-11(7-5-2)14-12-8-9-13(16)15(3)10-12/h11-12,14H,4-10H2,1-3H3. The Morgan fingerprint density at radius 3 is 2.50 bits per heavy atom. The number of carbonyl (C=O) groups excluding carboxylic acids is 1. The molecule has 16 heavy (non-hydrogen) atoms. The maximum Gasteiger partial charge on any atom is 0.222 e. The van der Waals surface area contributed by atoms with Crippen LogP contribution in [0.1, 0.15) is 52.4 Å². The van der Waals surface area contributed by atoms with E-state index in [1.807, 2.05) is 11.9 Å². The molecular formula is C13H26N2O. The summed E-state index contributed by atoms with van der Waals surface area (Å²) in [5.41, 5.74) is 0. The van der Waals surface area contributed by atoms with Crippen molar-refractivity contribution in [2.24, 2.45) is 0 Å². The summed E-state index contributed by atoms with van der Waals surface area (Å²) in [4.78, 5) is 13.2. The van der Waals surface area contributed by atoms with Gasteiger partial charge < -0.3 is 10.2 Å². The van der Waals surface area contributed by atoms with Gasteiger partial charge in [-0.2, -0.15) is 0 Å². The minimum atomic E-state index is 0.292. The van der Waals surface area contributed by atoms with Gasteiger partial charge in [0, 0.05) is 32.1 Å². The molecule has 1 saturated heterocycles.